The molecule has 1 aliphatic rings. The summed E-state index contributed by atoms with van der Waals surface area (Å²) in [5.41, 5.74) is 3.21. The molecule has 0 unspecified atom stereocenters. The molecule has 0 amide bonds. The highest BCUT2D eigenvalue weighted by molar-refractivity contribution is 5.97. The summed E-state index contributed by atoms with van der Waals surface area (Å²) in [6, 6.07) is 12.8. The van der Waals surface area contributed by atoms with Gasteiger partial charge in [-0.25, -0.2) is 4.39 Å². The van der Waals surface area contributed by atoms with Crippen molar-refractivity contribution in [2.45, 2.75) is 39.5 Å². The molecular weight excluding hydrogens is 393 g/mol. The minimum Gasteiger partial charge on any atom is -0.339 e. The Morgan fingerprint density at radius 1 is 1.13 bits per heavy atom. The van der Waals surface area contributed by atoms with Gasteiger partial charge in [-0.3, -0.25) is 4.79 Å². The van der Waals surface area contributed by atoms with Gasteiger partial charge >= 0.3 is 0 Å². The molecular formula is C25H28FN3O2. The van der Waals surface area contributed by atoms with Crippen molar-refractivity contribution >= 4 is 5.78 Å². The van der Waals surface area contributed by atoms with Crippen molar-refractivity contribution < 1.29 is 13.7 Å². The van der Waals surface area contributed by atoms with Crippen LogP contribution in [-0.2, 0) is 6.42 Å². The van der Waals surface area contributed by atoms with Crippen LogP contribution in [0.2, 0.25) is 0 Å². The first-order valence-corrected chi connectivity index (χ1v) is 10.9. The van der Waals surface area contributed by atoms with E-state index in [1.807, 2.05) is 31.2 Å². The number of carbonyl (C=O) groups is 1. The minimum atomic E-state index is -0.270. The van der Waals surface area contributed by atoms with Crippen molar-refractivity contribution in [3.63, 3.8) is 0 Å². The monoisotopic (exact) mass is 421 g/mol. The second-order valence-corrected chi connectivity index (χ2v) is 8.43. The van der Waals surface area contributed by atoms with Crippen molar-refractivity contribution in [3.05, 3.63) is 70.9 Å². The van der Waals surface area contributed by atoms with Crippen molar-refractivity contribution in [2.75, 3.05) is 19.6 Å². The van der Waals surface area contributed by atoms with Gasteiger partial charge in [-0.2, -0.15) is 4.98 Å². The van der Waals surface area contributed by atoms with E-state index in [0.29, 0.717) is 29.3 Å². The van der Waals surface area contributed by atoms with E-state index in [2.05, 4.69) is 15.0 Å². The zero-order chi connectivity index (χ0) is 21.8. The lowest BCUT2D eigenvalue weighted by atomic mass is 9.88. The van der Waals surface area contributed by atoms with Gasteiger partial charge in [0, 0.05) is 23.5 Å². The van der Waals surface area contributed by atoms with Crippen LogP contribution in [0.3, 0.4) is 0 Å². The predicted molar refractivity (Wildman–Crippen MR) is 117 cm³/mol. The van der Waals surface area contributed by atoms with Crippen LogP contribution in [0.4, 0.5) is 4.39 Å². The van der Waals surface area contributed by atoms with Crippen molar-refractivity contribution in [2.24, 2.45) is 5.92 Å². The number of carbonyl (C=O) groups excluding carboxylic acids is 1. The highest BCUT2D eigenvalue weighted by Crippen LogP contribution is 2.23. The van der Waals surface area contributed by atoms with Crippen LogP contribution >= 0.6 is 0 Å². The van der Waals surface area contributed by atoms with Gasteiger partial charge in [0.05, 0.1) is 0 Å². The summed E-state index contributed by atoms with van der Waals surface area (Å²) < 4.78 is 19.1. The number of likely N-dealkylation sites (tertiary alicyclic amines) is 1. The molecule has 4 rings (SSSR count). The quantitative estimate of drug-likeness (QED) is 0.501. The average Bonchev–Trinajstić information content (AvgIpc) is 3.25. The molecule has 1 saturated heterocycles. The van der Waals surface area contributed by atoms with Gasteiger partial charge in [-0.15, -0.1) is 0 Å². The Labute approximate surface area is 182 Å². The molecule has 2 heterocycles. The van der Waals surface area contributed by atoms with Gasteiger partial charge in [-0.05, 0) is 64.4 Å². The molecule has 162 valence electrons. The number of nitrogens with zero attached hydrogens (tertiary/aromatic N) is 3. The third kappa shape index (κ3) is 5.25. The van der Waals surface area contributed by atoms with Crippen LogP contribution in [0, 0.1) is 25.6 Å². The number of aromatic nitrogens is 2. The topological polar surface area (TPSA) is 59.2 Å². The van der Waals surface area contributed by atoms with E-state index in [9.17, 15) is 9.18 Å². The van der Waals surface area contributed by atoms with Crippen molar-refractivity contribution in [3.8, 4) is 11.4 Å². The summed E-state index contributed by atoms with van der Waals surface area (Å²) in [6.07, 6.45) is 3.39. The average molecular weight is 422 g/mol. The molecule has 1 fully saturated rings. The summed E-state index contributed by atoms with van der Waals surface area (Å²) in [4.78, 5) is 19.5. The highest BCUT2D eigenvalue weighted by atomic mass is 19.1. The first-order chi connectivity index (χ1) is 15.0. The number of rotatable bonds is 7. The Morgan fingerprint density at radius 3 is 2.58 bits per heavy atom. The fraction of sp³-hybridized carbons (Fsp3) is 0.400. The third-order valence-corrected chi connectivity index (χ3v) is 6.06. The number of aryl methyl sites for hydroxylation is 3. The highest BCUT2D eigenvalue weighted by Gasteiger charge is 2.25. The van der Waals surface area contributed by atoms with E-state index in [1.165, 1.54) is 11.6 Å². The predicted octanol–water partition coefficient (Wildman–Crippen LogP) is 5.02. The SMILES string of the molecule is Cc1ccc(C(=O)C2CCN(CCCc3nc(-c4ccc(C)c(F)c4)no3)CC2)cc1. The van der Waals surface area contributed by atoms with Crippen LogP contribution in [-0.4, -0.2) is 40.5 Å². The van der Waals surface area contributed by atoms with E-state index in [-0.39, 0.29) is 17.5 Å². The maximum Gasteiger partial charge on any atom is 0.227 e. The van der Waals surface area contributed by atoms with Crippen molar-refractivity contribution in [1.29, 1.82) is 0 Å². The Kier molecular flexibility index (Phi) is 6.56. The van der Waals surface area contributed by atoms with Gasteiger partial charge in [0.1, 0.15) is 5.82 Å². The van der Waals surface area contributed by atoms with Crippen LogP contribution in [0.5, 0.6) is 0 Å². The molecule has 0 saturated carbocycles. The van der Waals surface area contributed by atoms with Gasteiger partial charge in [0.2, 0.25) is 11.7 Å². The molecule has 5 nitrogen and oxygen atoms in total. The molecule has 2 aromatic carbocycles. The van der Waals surface area contributed by atoms with Crippen LogP contribution in [0.1, 0.15) is 46.6 Å². The molecule has 31 heavy (non-hydrogen) atoms. The molecule has 0 atom stereocenters. The van der Waals surface area contributed by atoms with E-state index >= 15 is 0 Å². The lowest BCUT2D eigenvalue weighted by Gasteiger charge is -2.31. The van der Waals surface area contributed by atoms with Crippen LogP contribution in [0.15, 0.2) is 47.0 Å². The van der Waals surface area contributed by atoms with E-state index in [1.54, 1.807) is 19.1 Å². The smallest absolute Gasteiger partial charge is 0.227 e. The molecule has 3 aromatic rings. The van der Waals surface area contributed by atoms with Crippen LogP contribution < -0.4 is 0 Å². The molecule has 0 N–H and O–H groups in total. The van der Waals surface area contributed by atoms with E-state index in [0.717, 1.165) is 44.5 Å². The minimum absolute atomic E-state index is 0.118. The zero-order valence-electron chi connectivity index (χ0n) is 18.1. The normalized spacial score (nSPS) is 15.3. The Morgan fingerprint density at radius 2 is 1.87 bits per heavy atom. The molecule has 0 bridgehead atoms. The first kappa shape index (κ1) is 21.4. The molecule has 0 aliphatic carbocycles. The second-order valence-electron chi connectivity index (χ2n) is 8.43. The van der Waals surface area contributed by atoms with Gasteiger partial charge in [0.15, 0.2) is 5.78 Å². The largest absolute Gasteiger partial charge is 0.339 e. The summed E-state index contributed by atoms with van der Waals surface area (Å²) >= 11 is 0. The molecule has 1 aliphatic heterocycles. The van der Waals surface area contributed by atoms with Crippen molar-refractivity contribution in [1.82, 2.24) is 15.0 Å². The lowest BCUT2D eigenvalue weighted by Crippen LogP contribution is -2.37. The summed E-state index contributed by atoms with van der Waals surface area (Å²) in [6.45, 7) is 6.55. The molecule has 6 heteroatoms. The fourth-order valence-corrected chi connectivity index (χ4v) is 4.03. The number of ketones is 1. The summed E-state index contributed by atoms with van der Waals surface area (Å²) in [7, 11) is 0. The van der Waals surface area contributed by atoms with Crippen LogP contribution in [0.25, 0.3) is 11.4 Å². The molecule has 0 radical (unpaired) electrons. The molecule has 0 spiro atoms. The fourth-order valence-electron chi connectivity index (χ4n) is 4.03. The third-order valence-electron chi connectivity index (χ3n) is 6.06. The standard InChI is InChI=1S/C25H28FN3O2/c1-17-5-8-19(9-6-17)24(30)20-11-14-29(15-12-20)13-3-4-23-27-25(28-31-23)21-10-7-18(2)22(26)16-21/h5-10,16,20H,3-4,11-15H2,1-2H3. The number of piperidine rings is 1. The lowest BCUT2D eigenvalue weighted by molar-refractivity contribution is 0.0839. The Bertz CT molecular complexity index is 1040. The first-order valence-electron chi connectivity index (χ1n) is 10.9. The number of hydrogen-bond acceptors (Lipinski definition) is 5. The van der Waals surface area contributed by atoms with Gasteiger partial charge in [-0.1, -0.05) is 47.1 Å². The molecule has 1 aromatic heterocycles. The Balaban J connectivity index is 1.22. The number of hydrogen-bond donors (Lipinski definition) is 0. The number of benzene rings is 2. The number of Topliss-reactive ketones (excluding diaryl/α,β-unsaturated/α-hetero) is 1. The van der Waals surface area contributed by atoms with Gasteiger partial charge < -0.3 is 9.42 Å². The number of halogens is 1. The Hall–Kier alpha value is -2.86. The summed E-state index contributed by atoms with van der Waals surface area (Å²) in [5.74, 6) is 1.11. The maximum atomic E-state index is 13.8. The second kappa shape index (κ2) is 9.52. The van der Waals surface area contributed by atoms with E-state index < -0.39 is 0 Å². The van der Waals surface area contributed by atoms with Gasteiger partial charge in [0.25, 0.3) is 0 Å². The maximum absolute atomic E-state index is 13.8. The summed E-state index contributed by atoms with van der Waals surface area (Å²) in [5, 5.41) is 3.98. The zero-order valence-corrected chi connectivity index (χ0v) is 18.1. The van der Waals surface area contributed by atoms with E-state index in [4.69, 9.17) is 4.52 Å².